The Morgan fingerprint density at radius 1 is 1.24 bits per heavy atom. The van der Waals surface area contributed by atoms with Crippen LogP contribution in [0, 0.1) is 0 Å². The number of benzene rings is 1. The molecule has 90 valence electrons. The normalized spacial score (nSPS) is 12.2. The zero-order valence-corrected chi connectivity index (χ0v) is 9.29. The summed E-state index contributed by atoms with van der Waals surface area (Å²) in [4.78, 5) is 3.57. The summed E-state index contributed by atoms with van der Waals surface area (Å²) < 4.78 is 48.0. The van der Waals surface area contributed by atoms with Gasteiger partial charge in [0.15, 0.2) is 0 Å². The summed E-state index contributed by atoms with van der Waals surface area (Å²) in [5.74, 6) is 0. The van der Waals surface area contributed by atoms with Crippen LogP contribution in [0.4, 0.5) is 8.78 Å². The van der Waals surface area contributed by atoms with Gasteiger partial charge in [-0.2, -0.15) is 0 Å². The maximum Gasteiger partial charge on any atom is 0.265 e. The Labute approximate surface area is 96.1 Å². The molecule has 0 spiro atoms. The molecule has 0 radical (unpaired) electrons. The third-order valence-corrected chi connectivity index (χ3v) is 3.27. The molecule has 0 aliphatic heterocycles. The average Bonchev–Trinajstić information content (AvgIpc) is 2.26. The second-order valence-electron chi connectivity index (χ2n) is 3.40. The first kappa shape index (κ1) is 11.9. The van der Waals surface area contributed by atoms with Crippen LogP contribution in [0.1, 0.15) is 12.0 Å². The molecule has 0 saturated heterocycles. The Kier molecular flexibility index (Phi) is 2.80. The molecule has 0 saturated carbocycles. The Hall–Kier alpha value is -1.60. The minimum Gasteiger partial charge on any atom is -0.256 e. The van der Waals surface area contributed by atoms with Gasteiger partial charge in [-0.15, -0.1) is 0 Å². The van der Waals surface area contributed by atoms with Crippen molar-refractivity contribution in [3.8, 4) is 0 Å². The molecule has 0 amide bonds. The average molecular weight is 258 g/mol. The van der Waals surface area contributed by atoms with Gasteiger partial charge in [-0.1, -0.05) is 0 Å². The molecule has 4 nitrogen and oxygen atoms in total. The number of pyridine rings is 1. The minimum absolute atomic E-state index is 0.0472. The van der Waals surface area contributed by atoms with Crippen molar-refractivity contribution in [3.63, 3.8) is 0 Å². The van der Waals surface area contributed by atoms with Gasteiger partial charge in [-0.05, 0) is 24.3 Å². The standard InChI is InChI=1S/C10H8F2N2O2S/c11-10(12)7-3-4-8(17(13,15)16)6-2-1-5-14-9(6)7/h1-5,10H,(H2,13,15,16). The first-order valence-corrected chi connectivity index (χ1v) is 6.14. The first-order chi connectivity index (χ1) is 7.91. The SMILES string of the molecule is NS(=O)(=O)c1ccc(C(F)F)c2ncccc12. The molecule has 2 N–H and O–H groups in total. The summed E-state index contributed by atoms with van der Waals surface area (Å²) in [6.45, 7) is 0. The highest BCUT2D eigenvalue weighted by Gasteiger charge is 2.18. The maximum atomic E-state index is 12.7. The van der Waals surface area contributed by atoms with Crippen LogP contribution in [0.15, 0.2) is 35.4 Å². The zero-order chi connectivity index (χ0) is 12.6. The van der Waals surface area contributed by atoms with Gasteiger partial charge in [0.25, 0.3) is 6.43 Å². The van der Waals surface area contributed by atoms with Crippen molar-refractivity contribution in [2.75, 3.05) is 0 Å². The number of halogens is 2. The molecule has 0 aliphatic rings. The first-order valence-electron chi connectivity index (χ1n) is 4.60. The second kappa shape index (κ2) is 4.01. The smallest absolute Gasteiger partial charge is 0.256 e. The fourth-order valence-electron chi connectivity index (χ4n) is 1.59. The van der Waals surface area contributed by atoms with E-state index in [1.807, 2.05) is 0 Å². The van der Waals surface area contributed by atoms with Crippen LogP contribution in [-0.2, 0) is 10.0 Å². The predicted molar refractivity (Wildman–Crippen MR) is 58.1 cm³/mol. The van der Waals surface area contributed by atoms with E-state index in [0.29, 0.717) is 0 Å². The van der Waals surface area contributed by atoms with Gasteiger partial charge in [-0.3, -0.25) is 4.98 Å². The van der Waals surface area contributed by atoms with Crippen molar-refractivity contribution < 1.29 is 17.2 Å². The number of hydrogen-bond acceptors (Lipinski definition) is 3. The van der Waals surface area contributed by atoms with Gasteiger partial charge < -0.3 is 0 Å². The van der Waals surface area contributed by atoms with E-state index in [2.05, 4.69) is 4.98 Å². The molecular formula is C10H8F2N2O2S. The topological polar surface area (TPSA) is 73.1 Å². The van der Waals surface area contributed by atoms with E-state index in [-0.39, 0.29) is 21.4 Å². The molecule has 0 unspecified atom stereocenters. The van der Waals surface area contributed by atoms with Crippen LogP contribution in [0.3, 0.4) is 0 Å². The number of rotatable bonds is 2. The molecule has 17 heavy (non-hydrogen) atoms. The van der Waals surface area contributed by atoms with Crippen molar-refractivity contribution in [1.29, 1.82) is 0 Å². The fourth-order valence-corrected chi connectivity index (χ4v) is 2.32. The number of hydrogen-bond donors (Lipinski definition) is 1. The molecule has 2 rings (SSSR count). The summed E-state index contributed by atoms with van der Waals surface area (Å²) in [6.07, 6.45) is -1.40. The molecule has 1 aromatic heterocycles. The maximum absolute atomic E-state index is 12.7. The predicted octanol–water partition coefficient (Wildman–Crippen LogP) is 1.82. The lowest BCUT2D eigenvalue weighted by Crippen LogP contribution is -2.13. The lowest BCUT2D eigenvalue weighted by Gasteiger charge is -2.08. The third-order valence-electron chi connectivity index (χ3n) is 2.30. The van der Waals surface area contributed by atoms with Crippen molar-refractivity contribution in [2.45, 2.75) is 11.3 Å². The van der Waals surface area contributed by atoms with E-state index >= 15 is 0 Å². The number of fused-ring (bicyclic) bond motifs is 1. The molecule has 2 aromatic rings. The summed E-state index contributed by atoms with van der Waals surface area (Å²) >= 11 is 0. The van der Waals surface area contributed by atoms with Crippen LogP contribution in [-0.4, -0.2) is 13.4 Å². The number of nitrogens with zero attached hydrogens (tertiary/aromatic N) is 1. The Morgan fingerprint density at radius 3 is 2.53 bits per heavy atom. The molecule has 1 aromatic carbocycles. The Balaban J connectivity index is 2.90. The molecule has 0 bridgehead atoms. The lowest BCUT2D eigenvalue weighted by atomic mass is 10.1. The van der Waals surface area contributed by atoms with E-state index in [1.165, 1.54) is 18.3 Å². The van der Waals surface area contributed by atoms with Crippen LogP contribution in [0.2, 0.25) is 0 Å². The quantitative estimate of drug-likeness (QED) is 0.892. The number of nitrogens with two attached hydrogens (primary N) is 1. The van der Waals surface area contributed by atoms with Gasteiger partial charge in [0.2, 0.25) is 10.0 Å². The van der Waals surface area contributed by atoms with Crippen LogP contribution >= 0.6 is 0 Å². The Morgan fingerprint density at radius 2 is 1.94 bits per heavy atom. The highest BCUT2D eigenvalue weighted by molar-refractivity contribution is 7.89. The van der Waals surface area contributed by atoms with E-state index in [9.17, 15) is 17.2 Å². The van der Waals surface area contributed by atoms with Crippen molar-refractivity contribution >= 4 is 20.9 Å². The molecule has 0 aliphatic carbocycles. The lowest BCUT2D eigenvalue weighted by molar-refractivity contribution is 0.153. The molecule has 0 atom stereocenters. The highest BCUT2D eigenvalue weighted by Crippen LogP contribution is 2.29. The minimum atomic E-state index is -3.96. The third kappa shape index (κ3) is 2.11. The summed E-state index contributed by atoms with van der Waals surface area (Å²) in [7, 11) is -3.96. The molecule has 0 fully saturated rings. The van der Waals surface area contributed by atoms with Gasteiger partial charge in [-0.25, -0.2) is 22.3 Å². The van der Waals surface area contributed by atoms with Gasteiger partial charge in [0.05, 0.1) is 10.4 Å². The van der Waals surface area contributed by atoms with Gasteiger partial charge >= 0.3 is 0 Å². The second-order valence-corrected chi connectivity index (χ2v) is 4.93. The van der Waals surface area contributed by atoms with Crippen LogP contribution in [0.25, 0.3) is 10.9 Å². The van der Waals surface area contributed by atoms with Crippen molar-refractivity contribution in [2.24, 2.45) is 5.14 Å². The van der Waals surface area contributed by atoms with Crippen LogP contribution in [0.5, 0.6) is 0 Å². The van der Waals surface area contributed by atoms with Crippen molar-refractivity contribution in [3.05, 3.63) is 36.0 Å². The number of sulfonamides is 1. The largest absolute Gasteiger partial charge is 0.265 e. The number of alkyl halides is 2. The summed E-state index contributed by atoms with van der Waals surface area (Å²) in [6, 6.07) is 4.96. The van der Waals surface area contributed by atoms with E-state index in [1.54, 1.807) is 0 Å². The van der Waals surface area contributed by atoms with Crippen LogP contribution < -0.4 is 5.14 Å². The fraction of sp³-hybridized carbons (Fsp3) is 0.100. The summed E-state index contributed by atoms with van der Waals surface area (Å²) in [5, 5.41) is 5.11. The molecule has 7 heteroatoms. The van der Waals surface area contributed by atoms with Crippen molar-refractivity contribution in [1.82, 2.24) is 4.98 Å². The Bertz CT molecular complexity index is 671. The monoisotopic (exact) mass is 258 g/mol. The number of primary sulfonamides is 1. The highest BCUT2D eigenvalue weighted by atomic mass is 32.2. The molecule has 1 heterocycles. The number of aromatic nitrogens is 1. The van der Waals surface area contributed by atoms with Gasteiger partial charge in [0, 0.05) is 17.1 Å². The zero-order valence-electron chi connectivity index (χ0n) is 8.47. The molecular weight excluding hydrogens is 250 g/mol. The van der Waals surface area contributed by atoms with E-state index < -0.39 is 16.4 Å². The van der Waals surface area contributed by atoms with E-state index in [0.717, 1.165) is 12.1 Å². The van der Waals surface area contributed by atoms with Gasteiger partial charge in [0.1, 0.15) is 0 Å². The van der Waals surface area contributed by atoms with E-state index in [4.69, 9.17) is 5.14 Å². The summed E-state index contributed by atoms with van der Waals surface area (Å²) in [5.41, 5.74) is -0.359.